The van der Waals surface area contributed by atoms with Crippen molar-refractivity contribution in [3.63, 3.8) is 0 Å². The van der Waals surface area contributed by atoms with Crippen molar-refractivity contribution >= 4 is 56.3 Å². The van der Waals surface area contributed by atoms with Gasteiger partial charge in [-0.2, -0.15) is 0 Å². The number of hydrogen-bond acceptors (Lipinski definition) is 7. The lowest BCUT2D eigenvalue weighted by atomic mass is 10.2. The largest absolute Gasteiger partial charge is 0.324 e. The molecule has 1 aliphatic heterocycles. The van der Waals surface area contributed by atoms with Crippen LogP contribution < -0.4 is 10.6 Å². The highest BCUT2D eigenvalue weighted by Crippen LogP contribution is 2.25. The molecule has 35 heavy (non-hydrogen) atoms. The fraction of sp³-hybridized carbons (Fsp3) is 0.292. The van der Waals surface area contributed by atoms with Crippen molar-refractivity contribution in [2.45, 2.75) is 24.2 Å². The van der Waals surface area contributed by atoms with Crippen LogP contribution in [-0.4, -0.2) is 54.6 Å². The van der Waals surface area contributed by atoms with Crippen LogP contribution in [-0.2, 0) is 9.84 Å². The van der Waals surface area contributed by atoms with E-state index < -0.39 is 15.7 Å². The number of hydrogen-bond donors (Lipinski definition) is 2. The summed E-state index contributed by atoms with van der Waals surface area (Å²) in [6.45, 7) is 2.94. The second-order valence-electron chi connectivity index (χ2n) is 8.22. The van der Waals surface area contributed by atoms with Gasteiger partial charge in [-0.05, 0) is 75.3 Å². The third-order valence-electron chi connectivity index (χ3n) is 5.66. The number of nitrogens with zero attached hydrogens (tertiary/aromatic N) is 3. The van der Waals surface area contributed by atoms with E-state index in [1.165, 1.54) is 25.2 Å². The first-order chi connectivity index (χ1) is 16.8. The summed E-state index contributed by atoms with van der Waals surface area (Å²) in [5, 5.41) is 6.16. The Bertz CT molecular complexity index is 1260. The Morgan fingerprint density at radius 3 is 2.20 bits per heavy atom. The maximum absolute atomic E-state index is 12.6. The minimum atomic E-state index is -3.33. The molecule has 2 aromatic carbocycles. The lowest BCUT2D eigenvalue weighted by Gasteiger charge is -2.14. The summed E-state index contributed by atoms with van der Waals surface area (Å²) >= 11 is 12.1. The molecule has 3 aromatic rings. The standard InChI is InChI=1S/C24H25Cl2N5O3S/c25-20-5-3-6-21(26)22(20)23(32)29-18-15-27-24(28-16-18)30-17-7-9-19(10-8-17)35(33,34)14-4-13-31-11-1-2-12-31/h3,5-10,15-16H,1-2,4,11-14H2,(H,29,32)(H,27,28,30). The minimum Gasteiger partial charge on any atom is -0.324 e. The summed E-state index contributed by atoms with van der Waals surface area (Å²) in [4.78, 5) is 23.5. The lowest BCUT2D eigenvalue weighted by Crippen LogP contribution is -2.22. The molecule has 2 N–H and O–H groups in total. The van der Waals surface area contributed by atoms with Gasteiger partial charge < -0.3 is 15.5 Å². The van der Waals surface area contributed by atoms with Gasteiger partial charge in [-0.1, -0.05) is 29.3 Å². The van der Waals surface area contributed by atoms with Crippen LogP contribution in [0.25, 0.3) is 0 Å². The van der Waals surface area contributed by atoms with Crippen molar-refractivity contribution in [1.82, 2.24) is 14.9 Å². The maximum atomic E-state index is 12.6. The Morgan fingerprint density at radius 1 is 0.943 bits per heavy atom. The second kappa shape index (κ2) is 11.3. The fourth-order valence-corrected chi connectivity index (χ4v) is 5.71. The Hall–Kier alpha value is -2.72. The number of benzene rings is 2. The SMILES string of the molecule is O=C(Nc1cnc(Nc2ccc(S(=O)(=O)CCCN3CCCC3)cc2)nc1)c1c(Cl)cccc1Cl. The number of likely N-dealkylation sites (tertiary alicyclic amines) is 1. The van der Waals surface area contributed by atoms with Crippen LogP contribution >= 0.6 is 23.2 Å². The number of nitrogens with one attached hydrogen (secondary N) is 2. The molecule has 184 valence electrons. The van der Waals surface area contributed by atoms with E-state index in [2.05, 4.69) is 25.5 Å². The summed E-state index contributed by atoms with van der Waals surface area (Å²) in [5.41, 5.74) is 1.18. The summed E-state index contributed by atoms with van der Waals surface area (Å²) in [5.74, 6) is -0.0477. The van der Waals surface area contributed by atoms with Gasteiger partial charge in [0.15, 0.2) is 9.84 Å². The summed E-state index contributed by atoms with van der Waals surface area (Å²) in [6, 6.07) is 11.3. The quantitative estimate of drug-likeness (QED) is 0.397. The second-order valence-corrected chi connectivity index (χ2v) is 11.1. The van der Waals surface area contributed by atoms with Crippen molar-refractivity contribution in [3.05, 3.63) is 70.5 Å². The highest BCUT2D eigenvalue weighted by Gasteiger charge is 2.17. The molecule has 1 aliphatic rings. The zero-order valence-electron chi connectivity index (χ0n) is 18.9. The molecule has 8 nitrogen and oxygen atoms in total. The van der Waals surface area contributed by atoms with E-state index in [1.807, 2.05) is 0 Å². The van der Waals surface area contributed by atoms with Gasteiger partial charge in [0.1, 0.15) is 0 Å². The number of sulfone groups is 1. The van der Waals surface area contributed by atoms with Crippen LogP contribution in [0.2, 0.25) is 10.0 Å². The minimum absolute atomic E-state index is 0.131. The number of amides is 1. The Balaban J connectivity index is 1.32. The molecule has 0 saturated carbocycles. The Kier molecular flexibility index (Phi) is 8.22. The molecule has 1 amide bonds. The number of carbonyl (C=O) groups excluding carboxylic acids is 1. The van der Waals surface area contributed by atoms with E-state index in [1.54, 1.807) is 42.5 Å². The summed E-state index contributed by atoms with van der Waals surface area (Å²) in [6.07, 6.45) is 5.90. The van der Waals surface area contributed by atoms with Gasteiger partial charge in [-0.3, -0.25) is 4.79 Å². The normalized spacial score (nSPS) is 14.1. The summed E-state index contributed by atoms with van der Waals surface area (Å²) < 4.78 is 25.3. The van der Waals surface area contributed by atoms with E-state index in [0.29, 0.717) is 28.6 Å². The molecule has 0 aliphatic carbocycles. The smallest absolute Gasteiger partial charge is 0.258 e. The number of carbonyl (C=O) groups is 1. The molecule has 0 radical (unpaired) electrons. The molecular weight excluding hydrogens is 509 g/mol. The van der Waals surface area contributed by atoms with Gasteiger partial charge in [0.05, 0.1) is 44.3 Å². The zero-order valence-corrected chi connectivity index (χ0v) is 21.2. The number of rotatable bonds is 9. The van der Waals surface area contributed by atoms with Crippen molar-refractivity contribution in [1.29, 1.82) is 0 Å². The van der Waals surface area contributed by atoms with Gasteiger partial charge in [-0.25, -0.2) is 18.4 Å². The van der Waals surface area contributed by atoms with Gasteiger partial charge in [-0.15, -0.1) is 0 Å². The fourth-order valence-electron chi connectivity index (χ4n) is 3.84. The van der Waals surface area contributed by atoms with E-state index in [4.69, 9.17) is 23.2 Å². The number of anilines is 3. The molecule has 11 heteroatoms. The predicted octanol–water partition coefficient (Wildman–Crippen LogP) is 5.04. The number of halogens is 2. The average Bonchev–Trinajstić information content (AvgIpc) is 3.34. The van der Waals surface area contributed by atoms with Crippen molar-refractivity contribution < 1.29 is 13.2 Å². The first-order valence-electron chi connectivity index (χ1n) is 11.2. The molecule has 0 spiro atoms. The third kappa shape index (κ3) is 6.70. The molecule has 1 aromatic heterocycles. The first-order valence-corrected chi connectivity index (χ1v) is 13.6. The van der Waals surface area contributed by atoms with Crippen molar-refractivity contribution in [3.8, 4) is 0 Å². The maximum Gasteiger partial charge on any atom is 0.258 e. The zero-order chi connectivity index (χ0) is 24.8. The van der Waals surface area contributed by atoms with Gasteiger partial charge in [0.2, 0.25) is 5.95 Å². The van der Waals surface area contributed by atoms with Crippen LogP contribution in [0.4, 0.5) is 17.3 Å². The van der Waals surface area contributed by atoms with Crippen molar-refractivity contribution in [2.24, 2.45) is 0 Å². The molecule has 0 bridgehead atoms. The monoisotopic (exact) mass is 533 g/mol. The molecule has 0 atom stereocenters. The van der Waals surface area contributed by atoms with Crippen LogP contribution in [0.3, 0.4) is 0 Å². The van der Waals surface area contributed by atoms with Crippen LogP contribution in [0, 0.1) is 0 Å². The van der Waals surface area contributed by atoms with E-state index in [0.717, 1.165) is 19.6 Å². The van der Waals surface area contributed by atoms with E-state index in [-0.39, 0.29) is 21.4 Å². The predicted molar refractivity (Wildman–Crippen MR) is 139 cm³/mol. The highest BCUT2D eigenvalue weighted by atomic mass is 35.5. The number of aromatic nitrogens is 2. The van der Waals surface area contributed by atoms with E-state index >= 15 is 0 Å². The van der Waals surface area contributed by atoms with Crippen molar-refractivity contribution in [2.75, 3.05) is 36.0 Å². The topological polar surface area (TPSA) is 104 Å². The molecule has 0 unspecified atom stereocenters. The van der Waals surface area contributed by atoms with Crippen LogP contribution in [0.1, 0.15) is 29.6 Å². The Labute approximate surface area is 214 Å². The highest BCUT2D eigenvalue weighted by molar-refractivity contribution is 7.91. The van der Waals surface area contributed by atoms with E-state index in [9.17, 15) is 13.2 Å². The average molecular weight is 534 g/mol. The molecule has 1 saturated heterocycles. The van der Waals surface area contributed by atoms with Gasteiger partial charge in [0.25, 0.3) is 5.91 Å². The summed E-state index contributed by atoms with van der Waals surface area (Å²) in [7, 11) is -3.33. The lowest BCUT2D eigenvalue weighted by molar-refractivity contribution is 0.102. The molecular formula is C24H25Cl2N5O3S. The molecule has 1 fully saturated rings. The van der Waals surface area contributed by atoms with Gasteiger partial charge in [0, 0.05) is 5.69 Å². The van der Waals surface area contributed by atoms with Gasteiger partial charge >= 0.3 is 0 Å². The van der Waals surface area contributed by atoms with Crippen LogP contribution in [0.15, 0.2) is 59.8 Å². The third-order valence-corrected chi connectivity index (χ3v) is 8.10. The van der Waals surface area contributed by atoms with Crippen LogP contribution in [0.5, 0.6) is 0 Å². The first kappa shape index (κ1) is 25.4. The molecule has 4 rings (SSSR count). The molecule has 2 heterocycles. The Morgan fingerprint density at radius 2 is 1.57 bits per heavy atom.